The van der Waals surface area contributed by atoms with Crippen LogP contribution >= 0.6 is 0 Å². The van der Waals surface area contributed by atoms with Crippen LogP contribution in [0.2, 0.25) is 0 Å². The van der Waals surface area contributed by atoms with Crippen LogP contribution < -0.4 is 10.2 Å². The van der Waals surface area contributed by atoms with Gasteiger partial charge in [0.2, 0.25) is 15.9 Å². The Balaban J connectivity index is 2.01. The maximum Gasteiger partial charge on any atom is 0.279 e. The van der Waals surface area contributed by atoms with E-state index in [9.17, 15) is 18.0 Å². The topological polar surface area (TPSA) is 91.2 Å². The molecule has 0 unspecified atom stereocenters. The average Bonchev–Trinajstić information content (AvgIpc) is 2.56. The summed E-state index contributed by atoms with van der Waals surface area (Å²) in [4.78, 5) is 26.7. The number of anilines is 1. The molecule has 1 aromatic carbocycles. The van der Waals surface area contributed by atoms with Crippen LogP contribution in [0.5, 0.6) is 0 Å². The number of hydrogen-bond donors (Lipinski definition) is 2. The molecule has 0 aromatic heterocycles. The Morgan fingerprint density at radius 1 is 1.23 bits per heavy atom. The minimum absolute atomic E-state index is 0.0581. The van der Waals surface area contributed by atoms with E-state index in [1.807, 2.05) is 0 Å². The van der Waals surface area contributed by atoms with Crippen LogP contribution in [-0.2, 0) is 19.6 Å². The predicted molar refractivity (Wildman–Crippen MR) is 98.5 cm³/mol. The smallest absolute Gasteiger partial charge is 0.279 e. The van der Waals surface area contributed by atoms with Gasteiger partial charge in [-0.25, -0.2) is 12.7 Å². The van der Waals surface area contributed by atoms with E-state index < -0.39 is 10.0 Å². The Kier molecular flexibility index (Phi) is 6.38. The molecule has 2 amide bonds. The summed E-state index contributed by atoms with van der Waals surface area (Å²) >= 11 is 0. The summed E-state index contributed by atoms with van der Waals surface area (Å²) in [5.41, 5.74) is 1.09. The first kappa shape index (κ1) is 20.3. The molecule has 1 saturated heterocycles. The Morgan fingerprint density at radius 2 is 1.85 bits per heavy atom. The highest BCUT2D eigenvalue weighted by atomic mass is 32.2. The lowest BCUT2D eigenvalue weighted by Gasteiger charge is -2.31. The fourth-order valence-corrected chi connectivity index (χ4v) is 4.04. The van der Waals surface area contributed by atoms with E-state index in [1.54, 1.807) is 30.9 Å². The Bertz CT molecular complexity index is 784. The molecule has 1 fully saturated rings. The largest absolute Gasteiger partial charge is 0.332 e. The van der Waals surface area contributed by atoms with Gasteiger partial charge in [0.15, 0.2) is 6.54 Å². The van der Waals surface area contributed by atoms with Crippen molar-refractivity contribution in [2.45, 2.75) is 18.7 Å². The number of amides is 2. The number of nitrogens with one attached hydrogen (secondary N) is 2. The first-order valence-corrected chi connectivity index (χ1v) is 9.97. The maximum atomic E-state index is 12.4. The number of piperazine rings is 1. The molecule has 1 heterocycles. The molecule has 0 spiro atoms. The third kappa shape index (κ3) is 4.80. The molecule has 8 nitrogen and oxygen atoms in total. The third-order valence-electron chi connectivity index (χ3n) is 4.56. The van der Waals surface area contributed by atoms with Crippen molar-refractivity contribution in [2.75, 3.05) is 52.1 Å². The second-order valence-corrected chi connectivity index (χ2v) is 8.87. The zero-order chi connectivity index (χ0) is 19.5. The van der Waals surface area contributed by atoms with Crippen molar-refractivity contribution in [1.29, 1.82) is 0 Å². The van der Waals surface area contributed by atoms with Crippen LogP contribution in [-0.4, -0.2) is 76.3 Å². The number of carbonyl (C=O) groups is 2. The van der Waals surface area contributed by atoms with Crippen LogP contribution in [0.4, 0.5) is 5.69 Å². The summed E-state index contributed by atoms with van der Waals surface area (Å²) in [6.45, 7) is 6.30. The van der Waals surface area contributed by atoms with E-state index in [0.29, 0.717) is 24.3 Å². The molecule has 2 rings (SSSR count). The quantitative estimate of drug-likeness (QED) is 0.678. The number of nitrogens with zero attached hydrogens (tertiary/aromatic N) is 2. The van der Waals surface area contributed by atoms with Gasteiger partial charge in [-0.05, 0) is 24.6 Å². The minimum Gasteiger partial charge on any atom is -0.332 e. The second-order valence-electron chi connectivity index (χ2n) is 6.75. The summed E-state index contributed by atoms with van der Waals surface area (Å²) in [7, 11) is -0.615. The van der Waals surface area contributed by atoms with E-state index in [4.69, 9.17) is 0 Å². The summed E-state index contributed by atoms with van der Waals surface area (Å²) in [6, 6.07) is 4.88. The van der Waals surface area contributed by atoms with Crippen LogP contribution in [0.25, 0.3) is 0 Å². The summed E-state index contributed by atoms with van der Waals surface area (Å²) < 4.78 is 25.9. The van der Waals surface area contributed by atoms with Gasteiger partial charge in [-0.15, -0.1) is 0 Å². The van der Waals surface area contributed by atoms with Gasteiger partial charge in [0, 0.05) is 26.7 Å². The number of benzene rings is 1. The molecular weight excluding hydrogens is 356 g/mol. The zero-order valence-corrected chi connectivity index (χ0v) is 16.5. The van der Waals surface area contributed by atoms with Gasteiger partial charge in [-0.1, -0.05) is 6.07 Å². The lowest BCUT2D eigenvalue weighted by Crippen LogP contribution is -3.15. The van der Waals surface area contributed by atoms with E-state index in [2.05, 4.69) is 5.32 Å². The predicted octanol–water partition coefficient (Wildman–Crippen LogP) is -1.07. The summed E-state index contributed by atoms with van der Waals surface area (Å²) in [5, 5.41) is 2.78. The number of hydrogen-bond acceptors (Lipinski definition) is 4. The van der Waals surface area contributed by atoms with Gasteiger partial charge in [-0.3, -0.25) is 9.59 Å². The monoisotopic (exact) mass is 383 g/mol. The Labute approximate surface area is 154 Å². The molecule has 26 heavy (non-hydrogen) atoms. The highest BCUT2D eigenvalue weighted by Gasteiger charge is 2.24. The van der Waals surface area contributed by atoms with E-state index >= 15 is 0 Å². The molecule has 0 atom stereocenters. The van der Waals surface area contributed by atoms with E-state index in [1.165, 1.54) is 20.2 Å². The molecule has 0 radical (unpaired) electrons. The van der Waals surface area contributed by atoms with Gasteiger partial charge in [-0.2, -0.15) is 0 Å². The fourth-order valence-electron chi connectivity index (χ4n) is 2.90. The number of quaternary nitrogens is 1. The van der Waals surface area contributed by atoms with Crippen molar-refractivity contribution in [3.8, 4) is 0 Å². The fraction of sp³-hybridized carbons (Fsp3) is 0.529. The van der Waals surface area contributed by atoms with Gasteiger partial charge in [0.05, 0.1) is 31.1 Å². The summed E-state index contributed by atoms with van der Waals surface area (Å²) in [5.74, 6) is -0.115. The number of carbonyl (C=O) groups excluding carboxylic acids is 2. The van der Waals surface area contributed by atoms with Crippen LogP contribution in [0.3, 0.4) is 0 Å². The first-order valence-electron chi connectivity index (χ1n) is 8.53. The highest BCUT2D eigenvalue weighted by Crippen LogP contribution is 2.22. The standard InChI is InChI=1S/C17H26N4O4S/c1-13-5-6-15(11-16(13)26(24,25)19(3)4)18-17(23)12-20-7-9-21(10-8-20)14(2)22/h5-6,11H,7-10,12H2,1-4H3,(H,18,23)/p+1. The molecule has 1 aliphatic heterocycles. The molecule has 9 heteroatoms. The van der Waals surface area contributed by atoms with Crippen molar-refractivity contribution >= 4 is 27.5 Å². The Morgan fingerprint density at radius 3 is 2.38 bits per heavy atom. The van der Waals surface area contributed by atoms with Crippen LogP contribution in [0, 0.1) is 6.92 Å². The lowest BCUT2D eigenvalue weighted by atomic mass is 10.2. The molecule has 1 aromatic rings. The van der Waals surface area contributed by atoms with Crippen molar-refractivity contribution in [3.05, 3.63) is 23.8 Å². The molecule has 144 valence electrons. The van der Waals surface area contributed by atoms with Gasteiger partial charge in [0.25, 0.3) is 5.91 Å². The average molecular weight is 383 g/mol. The number of rotatable bonds is 5. The second kappa shape index (κ2) is 8.15. The number of sulfonamides is 1. The molecule has 0 saturated carbocycles. The van der Waals surface area contributed by atoms with Crippen LogP contribution in [0.1, 0.15) is 12.5 Å². The zero-order valence-electron chi connectivity index (χ0n) is 15.7. The molecule has 1 aliphatic rings. The maximum absolute atomic E-state index is 12.4. The molecular formula is C17H27N4O4S+. The van der Waals surface area contributed by atoms with Crippen LogP contribution in [0.15, 0.2) is 23.1 Å². The first-order chi connectivity index (χ1) is 12.1. The number of aryl methyl sites for hydroxylation is 1. The Hall–Kier alpha value is -1.97. The van der Waals surface area contributed by atoms with E-state index in [-0.39, 0.29) is 23.3 Å². The minimum atomic E-state index is -3.57. The van der Waals surface area contributed by atoms with Gasteiger partial charge < -0.3 is 15.1 Å². The van der Waals surface area contributed by atoms with Gasteiger partial charge in [0.1, 0.15) is 0 Å². The van der Waals surface area contributed by atoms with E-state index in [0.717, 1.165) is 22.3 Å². The lowest BCUT2D eigenvalue weighted by molar-refractivity contribution is -0.895. The third-order valence-corrected chi connectivity index (χ3v) is 6.51. The highest BCUT2D eigenvalue weighted by molar-refractivity contribution is 7.89. The SMILES string of the molecule is CC(=O)N1CC[NH+](CC(=O)Nc2ccc(C)c(S(=O)(=O)N(C)C)c2)CC1. The summed E-state index contributed by atoms with van der Waals surface area (Å²) in [6.07, 6.45) is 0. The van der Waals surface area contributed by atoms with Crippen molar-refractivity contribution in [1.82, 2.24) is 9.21 Å². The van der Waals surface area contributed by atoms with Crippen molar-refractivity contribution in [3.63, 3.8) is 0 Å². The van der Waals surface area contributed by atoms with Crippen molar-refractivity contribution < 1.29 is 22.9 Å². The molecule has 0 aliphatic carbocycles. The normalized spacial score (nSPS) is 16.0. The molecule has 2 N–H and O–H groups in total. The van der Waals surface area contributed by atoms with Crippen molar-refractivity contribution in [2.24, 2.45) is 0 Å². The molecule has 0 bridgehead atoms. The van der Waals surface area contributed by atoms with Gasteiger partial charge >= 0.3 is 0 Å².